The van der Waals surface area contributed by atoms with Crippen molar-refractivity contribution in [2.24, 2.45) is 0 Å². The van der Waals surface area contributed by atoms with Crippen LogP contribution in [0.5, 0.6) is 11.5 Å². The Labute approximate surface area is 203 Å². The summed E-state index contributed by atoms with van der Waals surface area (Å²) < 4.78 is 39.4. The fourth-order valence-electron chi connectivity index (χ4n) is 3.57. The van der Waals surface area contributed by atoms with Gasteiger partial charge in [0.1, 0.15) is 0 Å². The summed E-state index contributed by atoms with van der Waals surface area (Å²) in [6, 6.07) is 15.7. The highest BCUT2D eigenvalue weighted by atomic mass is 32.2. The highest BCUT2D eigenvalue weighted by Crippen LogP contribution is 2.32. The van der Waals surface area contributed by atoms with Crippen LogP contribution in [-0.2, 0) is 10.0 Å². The van der Waals surface area contributed by atoms with Gasteiger partial charge in [0.25, 0.3) is 21.8 Å². The first-order valence-electron chi connectivity index (χ1n) is 10.9. The molecule has 182 valence electrons. The third kappa shape index (κ3) is 5.72. The van der Waals surface area contributed by atoms with E-state index in [9.17, 15) is 18.0 Å². The maximum absolute atomic E-state index is 12.9. The van der Waals surface area contributed by atoms with Gasteiger partial charge in [-0.25, -0.2) is 8.42 Å². The molecular formula is C25H25N3O6S. The van der Waals surface area contributed by atoms with Gasteiger partial charge in [0.05, 0.1) is 18.1 Å². The zero-order valence-corrected chi connectivity index (χ0v) is 20.1. The molecule has 3 aromatic rings. The molecule has 3 N–H and O–H groups in total. The zero-order valence-electron chi connectivity index (χ0n) is 19.3. The van der Waals surface area contributed by atoms with E-state index in [2.05, 4.69) is 15.6 Å². The van der Waals surface area contributed by atoms with Crippen molar-refractivity contribution in [3.8, 4) is 11.5 Å². The molecule has 3 aromatic carbocycles. The number of hydrogen-bond acceptors (Lipinski definition) is 6. The average molecular weight is 496 g/mol. The van der Waals surface area contributed by atoms with Crippen LogP contribution in [0.15, 0.2) is 65.6 Å². The minimum Gasteiger partial charge on any atom is -0.490 e. The Bertz CT molecular complexity index is 1390. The van der Waals surface area contributed by atoms with Crippen LogP contribution in [0.4, 0.5) is 5.69 Å². The van der Waals surface area contributed by atoms with E-state index in [0.29, 0.717) is 36.7 Å². The van der Waals surface area contributed by atoms with Crippen molar-refractivity contribution < 1.29 is 27.5 Å². The van der Waals surface area contributed by atoms with Crippen LogP contribution in [0, 0.1) is 13.8 Å². The molecule has 0 aliphatic carbocycles. The fourth-order valence-corrected chi connectivity index (χ4v) is 4.63. The number of carbonyl (C=O) groups is 2. The number of sulfonamides is 1. The molecule has 0 saturated heterocycles. The molecule has 0 bridgehead atoms. The normalized spacial score (nSPS) is 12.9. The predicted molar refractivity (Wildman–Crippen MR) is 130 cm³/mol. The molecule has 9 nitrogen and oxygen atoms in total. The van der Waals surface area contributed by atoms with Crippen LogP contribution in [0.2, 0.25) is 0 Å². The molecule has 0 spiro atoms. The molecule has 1 aliphatic heterocycles. The Hall–Kier alpha value is -4.05. The molecule has 0 saturated carbocycles. The Morgan fingerprint density at radius 2 is 1.57 bits per heavy atom. The molecule has 10 heteroatoms. The van der Waals surface area contributed by atoms with Gasteiger partial charge in [0.15, 0.2) is 11.5 Å². The second-order valence-electron chi connectivity index (χ2n) is 8.07. The second-order valence-corrected chi connectivity index (χ2v) is 9.75. The van der Waals surface area contributed by atoms with Crippen molar-refractivity contribution in [2.75, 3.05) is 17.9 Å². The molecule has 0 fully saturated rings. The zero-order chi connectivity index (χ0) is 25.0. The molecule has 0 unspecified atom stereocenters. The first kappa shape index (κ1) is 24.1. The number of carbonyl (C=O) groups excluding carboxylic acids is 2. The smallest absolute Gasteiger partial charge is 0.269 e. The molecule has 1 heterocycles. The number of fused-ring (bicyclic) bond motifs is 1. The molecule has 0 aromatic heterocycles. The van der Waals surface area contributed by atoms with Gasteiger partial charge in [0.2, 0.25) is 0 Å². The van der Waals surface area contributed by atoms with Gasteiger partial charge in [-0.1, -0.05) is 23.8 Å². The van der Waals surface area contributed by atoms with Crippen LogP contribution < -0.4 is 25.0 Å². The van der Waals surface area contributed by atoms with Crippen molar-refractivity contribution in [1.82, 2.24) is 10.9 Å². The maximum atomic E-state index is 12.9. The largest absolute Gasteiger partial charge is 0.490 e. The summed E-state index contributed by atoms with van der Waals surface area (Å²) in [6.07, 6.45) is 0.703. The van der Waals surface area contributed by atoms with E-state index in [1.807, 2.05) is 26.0 Å². The highest BCUT2D eigenvalue weighted by molar-refractivity contribution is 7.92. The summed E-state index contributed by atoms with van der Waals surface area (Å²) in [5.74, 6) is -0.206. The first-order chi connectivity index (χ1) is 16.7. The number of benzene rings is 3. The highest BCUT2D eigenvalue weighted by Gasteiger charge is 2.20. The molecule has 2 amide bonds. The molecule has 0 radical (unpaired) electrons. The fraction of sp³-hybridized carbons (Fsp3) is 0.200. The molecule has 4 rings (SSSR count). The van der Waals surface area contributed by atoms with Gasteiger partial charge in [-0.15, -0.1) is 0 Å². The lowest BCUT2D eigenvalue weighted by Crippen LogP contribution is -2.41. The van der Waals surface area contributed by atoms with Gasteiger partial charge in [-0.3, -0.25) is 25.2 Å². The number of aryl methyl sites for hydroxylation is 2. The standard InChI is InChI=1S/C25H25N3O6S/c1-16-7-9-21(17(2)13-16)25(30)27-26-24(29)18-5-3-6-19(14-18)28-35(31,32)20-8-10-22-23(15-20)34-12-4-11-33-22/h3,5-10,13-15,28H,4,11-12H2,1-2H3,(H,26,29)(H,27,30). The van der Waals surface area contributed by atoms with Gasteiger partial charge in [-0.05, 0) is 55.8 Å². The molecular weight excluding hydrogens is 470 g/mol. The summed E-state index contributed by atoms with van der Waals surface area (Å²) in [5.41, 5.74) is 7.32. The number of anilines is 1. The van der Waals surface area contributed by atoms with E-state index in [1.165, 1.54) is 36.4 Å². The number of hydrazine groups is 1. The lowest BCUT2D eigenvalue weighted by atomic mass is 10.1. The number of hydrogen-bond donors (Lipinski definition) is 3. The summed E-state index contributed by atoms with van der Waals surface area (Å²) in [5, 5.41) is 0. The lowest BCUT2D eigenvalue weighted by molar-refractivity contribution is 0.0846. The number of nitrogens with one attached hydrogen (secondary N) is 3. The van der Waals surface area contributed by atoms with Gasteiger partial charge < -0.3 is 9.47 Å². The van der Waals surface area contributed by atoms with Crippen molar-refractivity contribution in [3.63, 3.8) is 0 Å². The second kappa shape index (κ2) is 10.1. The Morgan fingerprint density at radius 3 is 2.34 bits per heavy atom. The van der Waals surface area contributed by atoms with Gasteiger partial charge >= 0.3 is 0 Å². The third-order valence-electron chi connectivity index (χ3n) is 5.32. The van der Waals surface area contributed by atoms with E-state index in [1.54, 1.807) is 12.1 Å². The van der Waals surface area contributed by atoms with Crippen LogP contribution in [0.25, 0.3) is 0 Å². The quantitative estimate of drug-likeness (QED) is 0.467. The number of ether oxygens (including phenoxy) is 2. The number of amides is 2. The van der Waals surface area contributed by atoms with E-state index in [-0.39, 0.29) is 16.1 Å². The minimum absolute atomic E-state index is 0.00247. The van der Waals surface area contributed by atoms with Crippen molar-refractivity contribution >= 4 is 27.5 Å². The summed E-state index contributed by atoms with van der Waals surface area (Å²) in [7, 11) is -3.96. The molecule has 1 aliphatic rings. The SMILES string of the molecule is Cc1ccc(C(=O)NNC(=O)c2cccc(NS(=O)(=O)c3ccc4c(c3)OCCCO4)c2)c(C)c1. The lowest BCUT2D eigenvalue weighted by Gasteiger charge is -2.13. The predicted octanol–water partition coefficient (Wildman–Crippen LogP) is 3.34. The van der Waals surface area contributed by atoms with E-state index >= 15 is 0 Å². The van der Waals surface area contributed by atoms with Gasteiger partial charge in [-0.2, -0.15) is 0 Å². The maximum Gasteiger partial charge on any atom is 0.269 e. The monoisotopic (exact) mass is 495 g/mol. The van der Waals surface area contributed by atoms with E-state index < -0.39 is 21.8 Å². The number of rotatable bonds is 5. The topological polar surface area (TPSA) is 123 Å². The summed E-state index contributed by atoms with van der Waals surface area (Å²) in [4.78, 5) is 25.0. The van der Waals surface area contributed by atoms with Crippen molar-refractivity contribution in [2.45, 2.75) is 25.2 Å². The third-order valence-corrected chi connectivity index (χ3v) is 6.70. The molecule has 0 atom stereocenters. The van der Waals surface area contributed by atoms with Crippen LogP contribution in [0.1, 0.15) is 38.3 Å². The van der Waals surface area contributed by atoms with Gasteiger partial charge in [0, 0.05) is 29.3 Å². The van der Waals surface area contributed by atoms with Crippen molar-refractivity contribution in [3.05, 3.63) is 82.9 Å². The first-order valence-corrected chi connectivity index (χ1v) is 12.4. The minimum atomic E-state index is -3.96. The Kier molecular flexibility index (Phi) is 6.92. The van der Waals surface area contributed by atoms with E-state index in [0.717, 1.165) is 11.1 Å². The van der Waals surface area contributed by atoms with Crippen LogP contribution in [-0.4, -0.2) is 33.4 Å². The van der Waals surface area contributed by atoms with Crippen LogP contribution >= 0.6 is 0 Å². The Balaban J connectivity index is 1.44. The Morgan fingerprint density at radius 1 is 0.829 bits per heavy atom. The summed E-state index contributed by atoms with van der Waals surface area (Å²) >= 11 is 0. The van der Waals surface area contributed by atoms with Crippen molar-refractivity contribution in [1.29, 1.82) is 0 Å². The summed E-state index contributed by atoms with van der Waals surface area (Å²) in [6.45, 7) is 4.66. The molecule has 35 heavy (non-hydrogen) atoms. The average Bonchev–Trinajstić information content (AvgIpc) is 3.07. The van der Waals surface area contributed by atoms with Crippen LogP contribution in [0.3, 0.4) is 0 Å². The van der Waals surface area contributed by atoms with E-state index in [4.69, 9.17) is 9.47 Å².